The standard InChI is InChI=1S/C17H19NO3S/c1-12-8-9-22-14(12)11-18-15(19)10-17(2,16(20)21)13-6-4-3-5-7-13/h3-9H,10-11H2,1-2H3,(H,18,19)(H,20,21)/t17-/m1/s1. The van der Waals surface area contributed by atoms with Crippen molar-refractivity contribution in [2.24, 2.45) is 0 Å². The maximum atomic E-state index is 12.2. The molecule has 1 aromatic carbocycles. The van der Waals surface area contributed by atoms with Gasteiger partial charge in [0.2, 0.25) is 5.91 Å². The van der Waals surface area contributed by atoms with Crippen LogP contribution in [0.4, 0.5) is 0 Å². The number of carbonyl (C=O) groups is 2. The Labute approximate surface area is 133 Å². The summed E-state index contributed by atoms with van der Waals surface area (Å²) < 4.78 is 0. The predicted molar refractivity (Wildman–Crippen MR) is 86.9 cm³/mol. The van der Waals surface area contributed by atoms with E-state index in [-0.39, 0.29) is 12.3 Å². The summed E-state index contributed by atoms with van der Waals surface area (Å²) in [5.41, 5.74) is 0.537. The van der Waals surface area contributed by atoms with E-state index < -0.39 is 11.4 Å². The number of benzene rings is 1. The lowest BCUT2D eigenvalue weighted by molar-refractivity contribution is -0.145. The van der Waals surface area contributed by atoms with Crippen molar-refractivity contribution in [3.05, 3.63) is 57.8 Å². The van der Waals surface area contributed by atoms with Gasteiger partial charge in [0.15, 0.2) is 0 Å². The fraction of sp³-hybridized carbons (Fsp3) is 0.294. The molecule has 0 aliphatic rings. The highest BCUT2D eigenvalue weighted by atomic mass is 32.1. The molecule has 1 atom stereocenters. The number of hydrogen-bond acceptors (Lipinski definition) is 3. The Hall–Kier alpha value is -2.14. The molecule has 1 aromatic heterocycles. The Bertz CT molecular complexity index is 666. The van der Waals surface area contributed by atoms with Crippen LogP contribution in [0.15, 0.2) is 41.8 Å². The second-order valence-corrected chi connectivity index (χ2v) is 6.48. The zero-order valence-electron chi connectivity index (χ0n) is 12.6. The molecule has 1 heterocycles. The third-order valence-electron chi connectivity index (χ3n) is 3.81. The number of carboxylic acids is 1. The summed E-state index contributed by atoms with van der Waals surface area (Å²) in [5.74, 6) is -1.26. The molecular weight excluding hydrogens is 298 g/mol. The zero-order valence-corrected chi connectivity index (χ0v) is 13.4. The number of carbonyl (C=O) groups excluding carboxylic acids is 1. The highest BCUT2D eigenvalue weighted by molar-refractivity contribution is 7.10. The first-order valence-corrected chi connectivity index (χ1v) is 7.90. The molecule has 0 saturated carbocycles. The Morgan fingerprint density at radius 2 is 1.91 bits per heavy atom. The van der Waals surface area contributed by atoms with Crippen molar-refractivity contribution in [3.63, 3.8) is 0 Å². The van der Waals surface area contributed by atoms with Crippen LogP contribution in [0.1, 0.15) is 29.3 Å². The van der Waals surface area contributed by atoms with Crippen LogP contribution in [0, 0.1) is 6.92 Å². The number of carboxylic acid groups (broad SMARTS) is 1. The average molecular weight is 317 g/mol. The van der Waals surface area contributed by atoms with Gasteiger partial charge in [-0.1, -0.05) is 30.3 Å². The van der Waals surface area contributed by atoms with Gasteiger partial charge < -0.3 is 10.4 Å². The first-order valence-electron chi connectivity index (χ1n) is 7.02. The van der Waals surface area contributed by atoms with Gasteiger partial charge in [-0.05, 0) is 36.4 Å². The molecule has 0 unspecified atom stereocenters. The lowest BCUT2D eigenvalue weighted by atomic mass is 9.79. The van der Waals surface area contributed by atoms with Crippen molar-refractivity contribution in [3.8, 4) is 0 Å². The summed E-state index contributed by atoms with van der Waals surface area (Å²) in [6, 6.07) is 10.9. The fourth-order valence-corrected chi connectivity index (χ4v) is 3.10. The predicted octanol–water partition coefficient (Wildman–Crippen LogP) is 3.11. The molecule has 2 N–H and O–H groups in total. The van der Waals surface area contributed by atoms with Gasteiger partial charge in [0.25, 0.3) is 0 Å². The van der Waals surface area contributed by atoms with Crippen molar-refractivity contribution in [2.45, 2.75) is 32.2 Å². The lowest BCUT2D eigenvalue weighted by Gasteiger charge is -2.24. The van der Waals surface area contributed by atoms with Gasteiger partial charge in [-0.3, -0.25) is 9.59 Å². The number of nitrogens with one attached hydrogen (secondary N) is 1. The Morgan fingerprint density at radius 3 is 2.45 bits per heavy atom. The largest absolute Gasteiger partial charge is 0.481 e. The lowest BCUT2D eigenvalue weighted by Crippen LogP contribution is -2.38. The normalized spacial score (nSPS) is 13.4. The van der Waals surface area contributed by atoms with Gasteiger partial charge in [0.05, 0.1) is 12.0 Å². The topological polar surface area (TPSA) is 66.4 Å². The van der Waals surface area contributed by atoms with Gasteiger partial charge in [-0.15, -0.1) is 11.3 Å². The molecule has 4 nitrogen and oxygen atoms in total. The van der Waals surface area contributed by atoms with E-state index >= 15 is 0 Å². The summed E-state index contributed by atoms with van der Waals surface area (Å²) in [7, 11) is 0. The van der Waals surface area contributed by atoms with E-state index in [1.165, 1.54) is 0 Å². The first kappa shape index (κ1) is 16.2. The summed E-state index contributed by atoms with van der Waals surface area (Å²) in [4.78, 5) is 24.9. The highest BCUT2D eigenvalue weighted by Gasteiger charge is 2.37. The Kier molecular flexibility index (Phi) is 4.98. The van der Waals surface area contributed by atoms with E-state index in [9.17, 15) is 14.7 Å². The molecule has 0 aliphatic carbocycles. The van der Waals surface area contributed by atoms with Gasteiger partial charge in [-0.25, -0.2) is 0 Å². The number of rotatable bonds is 6. The number of aryl methyl sites for hydroxylation is 1. The van der Waals surface area contributed by atoms with Crippen molar-refractivity contribution >= 4 is 23.2 Å². The monoisotopic (exact) mass is 317 g/mol. The van der Waals surface area contributed by atoms with Crippen LogP contribution in [-0.2, 0) is 21.5 Å². The smallest absolute Gasteiger partial charge is 0.314 e. The third kappa shape index (κ3) is 3.54. The minimum Gasteiger partial charge on any atom is -0.481 e. The van der Waals surface area contributed by atoms with Crippen LogP contribution in [0.2, 0.25) is 0 Å². The minimum absolute atomic E-state index is 0.0865. The van der Waals surface area contributed by atoms with Crippen LogP contribution in [0.3, 0.4) is 0 Å². The van der Waals surface area contributed by atoms with E-state index in [1.807, 2.05) is 24.4 Å². The molecule has 0 saturated heterocycles. The average Bonchev–Trinajstić information content (AvgIpc) is 2.91. The maximum Gasteiger partial charge on any atom is 0.314 e. The number of hydrogen-bond donors (Lipinski definition) is 2. The molecule has 22 heavy (non-hydrogen) atoms. The van der Waals surface area contributed by atoms with Crippen LogP contribution in [0.5, 0.6) is 0 Å². The summed E-state index contributed by atoms with van der Waals surface area (Å²) in [5, 5.41) is 14.3. The molecule has 0 aliphatic heterocycles. The number of amides is 1. The van der Waals surface area contributed by atoms with Crippen LogP contribution >= 0.6 is 11.3 Å². The maximum absolute atomic E-state index is 12.2. The van der Waals surface area contributed by atoms with Crippen molar-refractivity contribution < 1.29 is 14.7 Å². The fourth-order valence-electron chi connectivity index (χ4n) is 2.25. The second-order valence-electron chi connectivity index (χ2n) is 5.48. The molecule has 1 amide bonds. The Balaban J connectivity index is 2.07. The molecule has 5 heteroatoms. The van der Waals surface area contributed by atoms with E-state index in [0.717, 1.165) is 10.4 Å². The summed E-state index contributed by atoms with van der Waals surface area (Å²) in [6.07, 6.45) is -0.0865. The number of aliphatic carboxylic acids is 1. The molecule has 2 aromatic rings. The van der Waals surface area contributed by atoms with E-state index in [4.69, 9.17) is 0 Å². The van der Waals surface area contributed by atoms with Crippen LogP contribution in [-0.4, -0.2) is 17.0 Å². The van der Waals surface area contributed by atoms with E-state index in [1.54, 1.807) is 42.5 Å². The van der Waals surface area contributed by atoms with Crippen molar-refractivity contribution in [1.29, 1.82) is 0 Å². The third-order valence-corrected chi connectivity index (χ3v) is 4.83. The minimum atomic E-state index is -1.23. The van der Waals surface area contributed by atoms with Gasteiger partial charge in [0, 0.05) is 11.3 Å². The van der Waals surface area contributed by atoms with E-state index in [2.05, 4.69) is 5.32 Å². The molecule has 2 rings (SSSR count). The molecule has 0 spiro atoms. The molecule has 0 bridgehead atoms. The SMILES string of the molecule is Cc1ccsc1CNC(=O)C[C@@](C)(C(=O)O)c1ccccc1. The highest BCUT2D eigenvalue weighted by Crippen LogP contribution is 2.28. The molecule has 116 valence electrons. The van der Waals surface area contributed by atoms with Crippen LogP contribution < -0.4 is 5.32 Å². The van der Waals surface area contributed by atoms with Crippen molar-refractivity contribution in [1.82, 2.24) is 5.32 Å². The van der Waals surface area contributed by atoms with Gasteiger partial charge >= 0.3 is 5.97 Å². The van der Waals surface area contributed by atoms with Crippen LogP contribution in [0.25, 0.3) is 0 Å². The molecule has 0 radical (unpaired) electrons. The molecular formula is C17H19NO3S. The van der Waals surface area contributed by atoms with Gasteiger partial charge in [0.1, 0.15) is 0 Å². The Morgan fingerprint density at radius 1 is 1.23 bits per heavy atom. The van der Waals surface area contributed by atoms with Crippen molar-refractivity contribution in [2.75, 3.05) is 0 Å². The summed E-state index contributed by atoms with van der Waals surface area (Å²) >= 11 is 1.58. The van der Waals surface area contributed by atoms with Gasteiger partial charge in [-0.2, -0.15) is 0 Å². The first-order chi connectivity index (χ1) is 10.4. The molecule has 0 fully saturated rings. The summed E-state index contributed by atoms with van der Waals surface area (Å²) in [6.45, 7) is 4.01. The zero-order chi connectivity index (χ0) is 16.2. The number of thiophene rings is 1. The second kappa shape index (κ2) is 6.75. The quantitative estimate of drug-likeness (QED) is 0.860. The van der Waals surface area contributed by atoms with E-state index in [0.29, 0.717) is 12.1 Å².